The molecule has 5 nitrogen and oxygen atoms in total. The van der Waals surface area contributed by atoms with Crippen molar-refractivity contribution in [3.8, 4) is 11.5 Å². The fourth-order valence-electron chi connectivity index (χ4n) is 4.44. The molecular formula is C32H30Cl2F2O5. The molecule has 0 fully saturated rings. The maximum atomic E-state index is 14.5. The second-order valence-corrected chi connectivity index (χ2v) is 10.6. The van der Waals surface area contributed by atoms with Gasteiger partial charge < -0.3 is 14.2 Å². The van der Waals surface area contributed by atoms with Crippen LogP contribution in [-0.4, -0.2) is 17.9 Å². The van der Waals surface area contributed by atoms with E-state index in [0.29, 0.717) is 44.1 Å². The Labute approximate surface area is 248 Å². The van der Waals surface area contributed by atoms with Crippen LogP contribution in [0.2, 0.25) is 10.0 Å². The number of cyclic esters (lactones) is 1. The van der Waals surface area contributed by atoms with Crippen molar-refractivity contribution in [2.75, 3.05) is 0 Å². The van der Waals surface area contributed by atoms with Crippen molar-refractivity contribution in [1.82, 2.24) is 0 Å². The number of ether oxygens (including phenoxy) is 3. The summed E-state index contributed by atoms with van der Waals surface area (Å²) in [6.45, 7) is 1.31. The molecule has 0 N–H and O–H groups in total. The first-order valence-corrected chi connectivity index (χ1v) is 14.2. The van der Waals surface area contributed by atoms with Gasteiger partial charge >= 0.3 is 5.97 Å². The van der Waals surface area contributed by atoms with Crippen molar-refractivity contribution < 1.29 is 32.6 Å². The van der Waals surface area contributed by atoms with Gasteiger partial charge in [0.2, 0.25) is 0 Å². The third-order valence-corrected chi connectivity index (χ3v) is 7.40. The number of hydrogen-bond donors (Lipinski definition) is 0. The average Bonchev–Trinajstić information content (AvgIpc) is 2.91. The number of esters is 1. The molecule has 0 bridgehead atoms. The second-order valence-electron chi connectivity index (χ2n) is 9.80. The molecule has 1 aliphatic heterocycles. The lowest BCUT2D eigenvalue weighted by atomic mass is 10.0. The number of ketones is 1. The van der Waals surface area contributed by atoms with Crippen molar-refractivity contribution in [1.29, 1.82) is 0 Å². The van der Waals surface area contributed by atoms with E-state index in [4.69, 9.17) is 37.4 Å². The predicted molar refractivity (Wildman–Crippen MR) is 155 cm³/mol. The number of carbonyl (C=O) groups is 2. The van der Waals surface area contributed by atoms with E-state index in [1.807, 2.05) is 6.08 Å². The molecule has 1 aliphatic rings. The van der Waals surface area contributed by atoms with E-state index in [0.717, 1.165) is 0 Å². The highest BCUT2D eigenvalue weighted by Gasteiger charge is 2.24. The van der Waals surface area contributed by atoms with E-state index >= 15 is 0 Å². The van der Waals surface area contributed by atoms with E-state index in [-0.39, 0.29) is 57.2 Å². The summed E-state index contributed by atoms with van der Waals surface area (Å²) >= 11 is 12.4. The van der Waals surface area contributed by atoms with Crippen molar-refractivity contribution in [3.05, 3.63) is 98.5 Å². The lowest BCUT2D eigenvalue weighted by molar-refractivity contribution is -0.119. The highest BCUT2D eigenvalue weighted by atomic mass is 35.5. The maximum Gasteiger partial charge on any atom is 0.342 e. The third-order valence-electron chi connectivity index (χ3n) is 6.69. The number of Topliss-reactive ketones (excluding diaryl/α,β-unsaturated/α-hetero) is 1. The van der Waals surface area contributed by atoms with Crippen LogP contribution in [0, 0.1) is 11.6 Å². The Morgan fingerprint density at radius 2 is 1.54 bits per heavy atom. The van der Waals surface area contributed by atoms with Crippen LogP contribution in [0.1, 0.15) is 72.5 Å². The molecule has 3 aromatic carbocycles. The third kappa shape index (κ3) is 8.30. The number of hydrogen-bond acceptors (Lipinski definition) is 5. The molecule has 0 aromatic heterocycles. The molecule has 0 unspecified atom stereocenters. The van der Waals surface area contributed by atoms with Crippen LogP contribution in [0.4, 0.5) is 8.78 Å². The summed E-state index contributed by atoms with van der Waals surface area (Å²) < 4.78 is 46.5. The zero-order chi connectivity index (χ0) is 29.4. The minimum Gasteiger partial charge on any atom is -0.489 e. The van der Waals surface area contributed by atoms with E-state index in [9.17, 15) is 18.4 Å². The Bertz CT molecular complexity index is 1400. The van der Waals surface area contributed by atoms with Gasteiger partial charge in [-0.1, -0.05) is 47.5 Å². The molecule has 0 spiro atoms. The topological polar surface area (TPSA) is 61.8 Å². The number of rotatable bonds is 6. The monoisotopic (exact) mass is 602 g/mol. The standard InChI is InChI=1S/C32H30Cl2F2O5/c1-20-8-5-11-22(37)10-4-2-3-9-21-16-23(39-18-24-26(33)12-6-14-28(24)35)17-30(31(21)32(38)41-20)40-19-25-27(34)13-7-15-29(25)36/h3,6-7,9,12-17,20H,2,4-5,8,10-11,18-19H2,1H3/b9-3+/t20-/m1/s1. The molecular weight excluding hydrogens is 573 g/mol. The molecule has 4 rings (SSSR count). The molecule has 0 aliphatic carbocycles. The number of fused-ring (bicyclic) bond motifs is 1. The summed E-state index contributed by atoms with van der Waals surface area (Å²) in [4.78, 5) is 25.6. The Morgan fingerprint density at radius 3 is 2.20 bits per heavy atom. The van der Waals surface area contributed by atoms with Crippen molar-refractivity contribution in [3.63, 3.8) is 0 Å². The number of allylic oxidation sites excluding steroid dienone is 1. The summed E-state index contributed by atoms with van der Waals surface area (Å²) in [5.41, 5.74) is 0.848. The predicted octanol–water partition coefficient (Wildman–Crippen LogP) is 8.91. The highest BCUT2D eigenvalue weighted by molar-refractivity contribution is 6.31. The Hall–Kier alpha value is -3.42. The van der Waals surface area contributed by atoms with Gasteiger partial charge in [-0.15, -0.1) is 0 Å². The minimum atomic E-state index is -0.640. The fraction of sp³-hybridized carbons (Fsp3) is 0.312. The Morgan fingerprint density at radius 1 is 0.902 bits per heavy atom. The fourth-order valence-corrected chi connectivity index (χ4v) is 4.88. The quantitative estimate of drug-likeness (QED) is 0.264. The first kappa shape index (κ1) is 30.5. The molecule has 9 heteroatoms. The minimum absolute atomic E-state index is 0.0839. The van der Waals surface area contributed by atoms with E-state index in [1.54, 1.807) is 31.2 Å². The largest absolute Gasteiger partial charge is 0.489 e. The first-order valence-electron chi connectivity index (χ1n) is 13.4. The van der Waals surface area contributed by atoms with Gasteiger partial charge in [0.15, 0.2) is 0 Å². The van der Waals surface area contributed by atoms with Crippen molar-refractivity contribution in [2.45, 2.75) is 64.8 Å². The Balaban J connectivity index is 1.74. The van der Waals surface area contributed by atoms with Gasteiger partial charge in [-0.3, -0.25) is 4.79 Å². The van der Waals surface area contributed by atoms with E-state index < -0.39 is 23.7 Å². The van der Waals surface area contributed by atoms with Gasteiger partial charge in [-0.2, -0.15) is 0 Å². The zero-order valence-electron chi connectivity index (χ0n) is 22.6. The molecule has 1 atom stereocenters. The average molecular weight is 603 g/mol. The number of halogens is 4. The van der Waals surface area contributed by atoms with Crippen molar-refractivity contribution in [2.24, 2.45) is 0 Å². The van der Waals surface area contributed by atoms with Gasteiger partial charge in [-0.25, -0.2) is 13.6 Å². The van der Waals surface area contributed by atoms with Crippen LogP contribution in [0.15, 0.2) is 54.6 Å². The smallest absolute Gasteiger partial charge is 0.342 e. The number of carbonyl (C=O) groups excluding carboxylic acids is 2. The highest BCUT2D eigenvalue weighted by Crippen LogP contribution is 2.34. The van der Waals surface area contributed by atoms with Gasteiger partial charge in [0.05, 0.1) is 16.1 Å². The molecule has 0 saturated heterocycles. The summed E-state index contributed by atoms with van der Waals surface area (Å²) in [7, 11) is 0. The van der Waals surface area contributed by atoms with Gasteiger partial charge in [0, 0.05) is 30.0 Å². The van der Waals surface area contributed by atoms with Gasteiger partial charge in [0.1, 0.15) is 47.7 Å². The summed E-state index contributed by atoms with van der Waals surface area (Å²) in [6, 6.07) is 11.7. The van der Waals surface area contributed by atoms with E-state index in [1.165, 1.54) is 30.3 Å². The van der Waals surface area contributed by atoms with Crippen LogP contribution in [0.3, 0.4) is 0 Å². The summed E-state index contributed by atoms with van der Waals surface area (Å²) in [5.74, 6) is -1.19. The van der Waals surface area contributed by atoms with Gasteiger partial charge in [0.25, 0.3) is 0 Å². The lowest BCUT2D eigenvalue weighted by Crippen LogP contribution is -2.18. The SMILES string of the molecule is C[C@@H]1CCCC(=O)CCC/C=C/c2cc(OCc3c(F)cccc3Cl)cc(OCc3c(F)cccc3Cl)c2C(=O)O1. The molecule has 3 aromatic rings. The Kier molecular flexibility index (Phi) is 10.8. The van der Waals surface area contributed by atoms with Crippen molar-refractivity contribution >= 4 is 41.0 Å². The molecule has 0 saturated carbocycles. The molecule has 216 valence electrons. The van der Waals surface area contributed by atoms with Crippen LogP contribution in [-0.2, 0) is 22.7 Å². The summed E-state index contributed by atoms with van der Waals surface area (Å²) in [5, 5.41) is 0.384. The zero-order valence-corrected chi connectivity index (χ0v) is 24.1. The first-order chi connectivity index (χ1) is 19.7. The normalized spacial score (nSPS) is 17.2. The van der Waals surface area contributed by atoms with E-state index in [2.05, 4.69) is 0 Å². The second kappa shape index (κ2) is 14.5. The molecule has 1 heterocycles. The maximum absolute atomic E-state index is 14.5. The van der Waals surface area contributed by atoms with Crippen LogP contribution >= 0.6 is 23.2 Å². The van der Waals surface area contributed by atoms with Crippen LogP contribution < -0.4 is 9.47 Å². The summed E-state index contributed by atoms with van der Waals surface area (Å²) in [6.07, 6.45) is 6.43. The van der Waals surface area contributed by atoms with Gasteiger partial charge in [-0.05, 0) is 68.5 Å². The number of benzene rings is 3. The molecule has 0 radical (unpaired) electrons. The lowest BCUT2D eigenvalue weighted by Gasteiger charge is -2.19. The molecule has 41 heavy (non-hydrogen) atoms. The van der Waals surface area contributed by atoms with Crippen LogP contribution in [0.25, 0.3) is 6.08 Å². The molecule has 0 amide bonds. The van der Waals surface area contributed by atoms with Crippen LogP contribution in [0.5, 0.6) is 11.5 Å².